The van der Waals surface area contributed by atoms with Crippen LogP contribution in [0.25, 0.3) is 0 Å². The van der Waals surface area contributed by atoms with Gasteiger partial charge in [0, 0.05) is 17.3 Å². The van der Waals surface area contributed by atoms with Gasteiger partial charge in [-0.15, -0.1) is 0 Å². The van der Waals surface area contributed by atoms with Crippen molar-refractivity contribution in [2.24, 2.45) is 0 Å². The Balaban J connectivity index is 1.83. The summed E-state index contributed by atoms with van der Waals surface area (Å²) in [5, 5.41) is 7.77. The summed E-state index contributed by atoms with van der Waals surface area (Å²) in [7, 11) is 0. The topological polar surface area (TPSA) is 50.4 Å². The quantitative estimate of drug-likeness (QED) is 0.378. The minimum absolute atomic E-state index is 0.290. The molecule has 2 N–H and O–H groups in total. The molecular weight excluding hydrogens is 391 g/mol. The molecule has 0 unspecified atom stereocenters. The molecule has 0 aliphatic carbocycles. The van der Waals surface area contributed by atoms with Crippen LogP contribution in [-0.4, -0.2) is 24.2 Å². The average Bonchev–Trinajstić information content (AvgIpc) is 2.62. The van der Waals surface area contributed by atoms with Crippen molar-refractivity contribution in [1.29, 1.82) is 0 Å². The van der Waals surface area contributed by atoms with Gasteiger partial charge in [-0.3, -0.25) is 0 Å². The van der Waals surface area contributed by atoms with Crippen LogP contribution in [0.2, 0.25) is 10.0 Å². The summed E-state index contributed by atoms with van der Waals surface area (Å²) in [6.07, 6.45) is 1.75. The van der Waals surface area contributed by atoms with Crippen LogP contribution in [-0.2, 0) is 11.2 Å². The lowest BCUT2D eigenvalue weighted by atomic mass is 10.1. The highest BCUT2D eigenvalue weighted by Crippen LogP contribution is 2.21. The molecule has 7 heteroatoms. The number of benzene rings is 2. The number of nitrogens with one attached hydrogen (secondary N) is 2. The number of halogens is 2. The van der Waals surface area contributed by atoms with E-state index in [2.05, 4.69) is 10.6 Å². The van der Waals surface area contributed by atoms with E-state index in [4.69, 9.17) is 40.2 Å². The second kappa shape index (κ2) is 10.4. The Morgan fingerprint density at radius 2 is 1.92 bits per heavy atom. The van der Waals surface area contributed by atoms with Gasteiger partial charge in [-0.05, 0) is 61.8 Å². The normalized spacial score (nSPS) is 10.3. The van der Waals surface area contributed by atoms with E-state index < -0.39 is 5.97 Å². The van der Waals surface area contributed by atoms with Crippen LogP contribution in [0.4, 0.5) is 5.69 Å². The predicted molar refractivity (Wildman–Crippen MR) is 111 cm³/mol. The molecule has 2 aromatic rings. The third-order valence-corrected chi connectivity index (χ3v) is 4.53. The zero-order valence-electron chi connectivity index (χ0n) is 14.4. The molecule has 26 heavy (non-hydrogen) atoms. The molecule has 0 fully saturated rings. The molecule has 0 bridgehead atoms. The zero-order valence-corrected chi connectivity index (χ0v) is 16.7. The number of esters is 1. The molecule has 0 spiro atoms. The van der Waals surface area contributed by atoms with Gasteiger partial charge in [0.25, 0.3) is 0 Å². The first kappa shape index (κ1) is 20.5. The SMILES string of the molecule is CCOC(=O)c1cc(NC(=S)NCCCc2ccccc2Cl)ccc1Cl. The van der Waals surface area contributed by atoms with E-state index in [1.54, 1.807) is 25.1 Å². The highest BCUT2D eigenvalue weighted by atomic mass is 35.5. The first-order chi connectivity index (χ1) is 12.5. The molecule has 0 heterocycles. The minimum atomic E-state index is -0.459. The Morgan fingerprint density at radius 1 is 1.15 bits per heavy atom. The number of rotatable bonds is 7. The van der Waals surface area contributed by atoms with Crippen LogP contribution in [0.3, 0.4) is 0 Å². The average molecular weight is 411 g/mol. The molecule has 2 rings (SSSR count). The van der Waals surface area contributed by atoms with Gasteiger partial charge in [0.15, 0.2) is 5.11 Å². The maximum atomic E-state index is 11.9. The zero-order chi connectivity index (χ0) is 18.9. The number of carbonyl (C=O) groups excluding carboxylic acids is 1. The minimum Gasteiger partial charge on any atom is -0.462 e. The number of hydrogen-bond acceptors (Lipinski definition) is 3. The van der Waals surface area contributed by atoms with Crippen molar-refractivity contribution >= 4 is 52.2 Å². The van der Waals surface area contributed by atoms with E-state index in [9.17, 15) is 4.79 Å². The summed E-state index contributed by atoms with van der Waals surface area (Å²) < 4.78 is 4.99. The van der Waals surface area contributed by atoms with Crippen LogP contribution in [0, 0.1) is 0 Å². The van der Waals surface area contributed by atoms with Crippen molar-refractivity contribution in [2.75, 3.05) is 18.5 Å². The molecule has 0 aliphatic heterocycles. The highest BCUT2D eigenvalue weighted by molar-refractivity contribution is 7.80. The number of anilines is 1. The summed E-state index contributed by atoms with van der Waals surface area (Å²) in [5.74, 6) is -0.459. The predicted octanol–water partition coefficient (Wildman–Crippen LogP) is 5.09. The van der Waals surface area contributed by atoms with Gasteiger partial charge in [-0.25, -0.2) is 4.79 Å². The second-order valence-corrected chi connectivity index (χ2v) is 6.71. The van der Waals surface area contributed by atoms with Gasteiger partial charge in [0.1, 0.15) is 0 Å². The van der Waals surface area contributed by atoms with Crippen LogP contribution in [0.15, 0.2) is 42.5 Å². The highest BCUT2D eigenvalue weighted by Gasteiger charge is 2.12. The van der Waals surface area contributed by atoms with Crippen LogP contribution in [0.1, 0.15) is 29.3 Å². The maximum absolute atomic E-state index is 11.9. The van der Waals surface area contributed by atoms with Gasteiger partial charge >= 0.3 is 5.97 Å². The van der Waals surface area contributed by atoms with Gasteiger partial charge in [0.05, 0.1) is 17.2 Å². The first-order valence-electron chi connectivity index (χ1n) is 8.26. The molecule has 0 aromatic heterocycles. The third-order valence-electron chi connectivity index (χ3n) is 3.59. The molecule has 0 aliphatic rings. The lowest BCUT2D eigenvalue weighted by molar-refractivity contribution is 0.0526. The molecule has 138 valence electrons. The molecule has 0 saturated heterocycles. The first-order valence-corrected chi connectivity index (χ1v) is 9.42. The van der Waals surface area contributed by atoms with Gasteiger partial charge in [-0.2, -0.15) is 0 Å². The Labute approximate surface area is 168 Å². The van der Waals surface area contributed by atoms with Crippen LogP contribution < -0.4 is 10.6 Å². The third kappa shape index (κ3) is 6.16. The molecule has 0 radical (unpaired) electrons. The van der Waals surface area contributed by atoms with Crippen molar-refractivity contribution in [1.82, 2.24) is 5.32 Å². The number of carbonyl (C=O) groups is 1. The Bertz CT molecular complexity index is 784. The summed E-state index contributed by atoms with van der Waals surface area (Å²) in [4.78, 5) is 11.9. The van der Waals surface area contributed by atoms with Crippen molar-refractivity contribution in [2.45, 2.75) is 19.8 Å². The molecule has 0 amide bonds. The molecule has 2 aromatic carbocycles. The number of aryl methyl sites for hydroxylation is 1. The lowest BCUT2D eigenvalue weighted by Crippen LogP contribution is -2.29. The Kier molecular flexibility index (Phi) is 8.16. The van der Waals surface area contributed by atoms with E-state index in [0.29, 0.717) is 27.9 Å². The van der Waals surface area contributed by atoms with Crippen molar-refractivity contribution in [3.8, 4) is 0 Å². The van der Waals surface area contributed by atoms with Gasteiger partial charge in [-0.1, -0.05) is 41.4 Å². The summed E-state index contributed by atoms with van der Waals surface area (Å²) in [6, 6.07) is 12.8. The van der Waals surface area contributed by atoms with E-state index in [-0.39, 0.29) is 6.61 Å². The summed E-state index contributed by atoms with van der Waals surface area (Å²) in [6.45, 7) is 2.74. The van der Waals surface area contributed by atoms with E-state index in [0.717, 1.165) is 23.4 Å². The fourth-order valence-corrected chi connectivity index (χ4v) is 2.97. The Morgan fingerprint density at radius 3 is 2.65 bits per heavy atom. The van der Waals surface area contributed by atoms with Crippen molar-refractivity contribution in [3.63, 3.8) is 0 Å². The van der Waals surface area contributed by atoms with Crippen molar-refractivity contribution in [3.05, 3.63) is 63.6 Å². The van der Waals surface area contributed by atoms with Crippen molar-refractivity contribution < 1.29 is 9.53 Å². The summed E-state index contributed by atoms with van der Waals surface area (Å²) in [5.41, 5.74) is 2.09. The van der Waals surface area contributed by atoms with E-state index >= 15 is 0 Å². The standard InChI is InChI=1S/C19H20Cl2N2O2S/c1-2-25-18(24)15-12-14(9-10-17(15)21)23-19(26)22-11-5-7-13-6-3-4-8-16(13)20/h3-4,6,8-10,12H,2,5,7,11H2,1H3,(H2,22,23,26). The fourth-order valence-electron chi connectivity index (χ4n) is 2.33. The smallest absolute Gasteiger partial charge is 0.339 e. The molecule has 0 saturated carbocycles. The largest absolute Gasteiger partial charge is 0.462 e. The number of thiocarbonyl (C=S) groups is 1. The van der Waals surface area contributed by atoms with Crippen LogP contribution >= 0.6 is 35.4 Å². The van der Waals surface area contributed by atoms with E-state index in [1.807, 2.05) is 24.3 Å². The summed E-state index contributed by atoms with van der Waals surface area (Å²) >= 11 is 17.5. The molecule has 4 nitrogen and oxygen atoms in total. The Hall–Kier alpha value is -1.82. The van der Waals surface area contributed by atoms with E-state index in [1.165, 1.54) is 0 Å². The maximum Gasteiger partial charge on any atom is 0.339 e. The molecular formula is C19H20Cl2N2O2S. The number of hydrogen-bond donors (Lipinski definition) is 2. The number of ether oxygens (including phenoxy) is 1. The van der Waals surface area contributed by atoms with Crippen LogP contribution in [0.5, 0.6) is 0 Å². The van der Waals surface area contributed by atoms with Gasteiger partial charge < -0.3 is 15.4 Å². The lowest BCUT2D eigenvalue weighted by Gasteiger charge is -2.12. The fraction of sp³-hybridized carbons (Fsp3) is 0.263. The monoisotopic (exact) mass is 410 g/mol. The molecule has 0 atom stereocenters. The van der Waals surface area contributed by atoms with Gasteiger partial charge in [0.2, 0.25) is 0 Å². The second-order valence-electron chi connectivity index (χ2n) is 5.49.